The number of aliphatic hydroxyl groups excluding tert-OH is 1. The molecule has 0 aromatic heterocycles. The number of hydrogen-bond acceptors (Lipinski definition) is 2. The van der Waals surface area contributed by atoms with Crippen molar-refractivity contribution in [2.24, 2.45) is 0 Å². The fraction of sp³-hybridized carbons (Fsp3) is 1.00. The van der Waals surface area contributed by atoms with Crippen molar-refractivity contribution in [3.05, 3.63) is 0 Å². The van der Waals surface area contributed by atoms with Crippen LogP contribution in [0, 0.1) is 0 Å². The summed E-state index contributed by atoms with van der Waals surface area (Å²) in [6, 6.07) is 0.409. The van der Waals surface area contributed by atoms with Gasteiger partial charge in [0.2, 0.25) is 0 Å². The van der Waals surface area contributed by atoms with Crippen LogP contribution >= 0.6 is 0 Å². The summed E-state index contributed by atoms with van der Waals surface area (Å²) in [5.41, 5.74) is 0. The molecule has 0 heterocycles. The second-order valence-corrected chi connectivity index (χ2v) is 3.77. The van der Waals surface area contributed by atoms with Gasteiger partial charge in [0.05, 0.1) is 6.10 Å². The normalized spacial score (nSPS) is 28.5. The van der Waals surface area contributed by atoms with E-state index in [0.717, 1.165) is 19.4 Å². The molecule has 1 saturated carbocycles. The summed E-state index contributed by atoms with van der Waals surface area (Å²) in [7, 11) is 0. The molecule has 1 rings (SSSR count). The summed E-state index contributed by atoms with van der Waals surface area (Å²) in [5, 5.41) is 12.6. The number of rotatable bonds is 6. The molecule has 2 atom stereocenters. The van der Waals surface area contributed by atoms with Gasteiger partial charge in [-0.05, 0) is 25.8 Å². The van der Waals surface area contributed by atoms with Crippen molar-refractivity contribution in [2.45, 2.75) is 57.6 Å². The molecule has 0 amide bonds. The fourth-order valence-electron chi connectivity index (χ4n) is 1.56. The molecule has 2 N–H and O–H groups in total. The van der Waals surface area contributed by atoms with Crippen molar-refractivity contribution in [1.82, 2.24) is 5.32 Å². The van der Waals surface area contributed by atoms with E-state index in [-0.39, 0.29) is 6.10 Å². The zero-order valence-corrected chi connectivity index (χ0v) is 8.05. The standard InChI is InChI=1S/C10H21NO/c1-2-3-4-5-8-11-9-6-7-10(9)12/h9-12H,2-8H2,1H3/t9-,10-/m1/s1. The maximum Gasteiger partial charge on any atom is 0.0693 e. The van der Waals surface area contributed by atoms with Gasteiger partial charge in [-0.1, -0.05) is 26.2 Å². The first-order valence-electron chi connectivity index (χ1n) is 5.26. The van der Waals surface area contributed by atoms with E-state index < -0.39 is 0 Å². The Labute approximate surface area is 75.4 Å². The lowest BCUT2D eigenvalue weighted by molar-refractivity contribution is 0.0501. The molecule has 1 aliphatic carbocycles. The minimum Gasteiger partial charge on any atom is -0.392 e. The Morgan fingerprint density at radius 3 is 2.58 bits per heavy atom. The Hall–Kier alpha value is -0.0800. The Morgan fingerprint density at radius 2 is 2.08 bits per heavy atom. The first-order valence-corrected chi connectivity index (χ1v) is 5.26. The largest absolute Gasteiger partial charge is 0.392 e. The highest BCUT2D eigenvalue weighted by atomic mass is 16.3. The Bertz CT molecular complexity index is 116. The number of hydrogen-bond donors (Lipinski definition) is 2. The average Bonchev–Trinajstić information content (AvgIpc) is 2.08. The monoisotopic (exact) mass is 171 g/mol. The Morgan fingerprint density at radius 1 is 1.25 bits per heavy atom. The summed E-state index contributed by atoms with van der Waals surface area (Å²) < 4.78 is 0. The van der Waals surface area contributed by atoms with Crippen molar-refractivity contribution in [1.29, 1.82) is 0 Å². The van der Waals surface area contributed by atoms with E-state index in [1.54, 1.807) is 0 Å². The van der Waals surface area contributed by atoms with E-state index in [0.29, 0.717) is 6.04 Å². The highest BCUT2D eigenvalue weighted by molar-refractivity contribution is 4.85. The summed E-state index contributed by atoms with van der Waals surface area (Å²) in [6.07, 6.45) is 7.32. The second-order valence-electron chi connectivity index (χ2n) is 3.77. The van der Waals surface area contributed by atoms with Crippen molar-refractivity contribution in [3.63, 3.8) is 0 Å². The minimum absolute atomic E-state index is 0.0591. The number of nitrogens with one attached hydrogen (secondary N) is 1. The first-order chi connectivity index (χ1) is 5.84. The van der Waals surface area contributed by atoms with Crippen LogP contribution in [-0.4, -0.2) is 23.8 Å². The van der Waals surface area contributed by atoms with Crippen molar-refractivity contribution in [2.75, 3.05) is 6.54 Å². The third-order valence-corrected chi connectivity index (χ3v) is 2.67. The van der Waals surface area contributed by atoms with E-state index in [1.165, 1.54) is 25.7 Å². The van der Waals surface area contributed by atoms with Crippen LogP contribution in [0.2, 0.25) is 0 Å². The molecule has 1 fully saturated rings. The van der Waals surface area contributed by atoms with Gasteiger partial charge in [0.15, 0.2) is 0 Å². The van der Waals surface area contributed by atoms with Gasteiger partial charge in [-0.25, -0.2) is 0 Å². The number of aliphatic hydroxyl groups is 1. The molecule has 0 unspecified atom stereocenters. The molecule has 0 saturated heterocycles. The topological polar surface area (TPSA) is 32.3 Å². The van der Waals surface area contributed by atoms with Gasteiger partial charge in [-0.15, -0.1) is 0 Å². The summed E-state index contributed by atoms with van der Waals surface area (Å²) in [6.45, 7) is 3.31. The van der Waals surface area contributed by atoms with Crippen LogP contribution in [0.4, 0.5) is 0 Å². The SMILES string of the molecule is CCCCCCN[C@@H]1CC[C@H]1O. The zero-order valence-electron chi connectivity index (χ0n) is 8.05. The van der Waals surface area contributed by atoms with Gasteiger partial charge in [0, 0.05) is 6.04 Å². The quantitative estimate of drug-likeness (QED) is 0.596. The highest BCUT2D eigenvalue weighted by Crippen LogP contribution is 2.19. The third kappa shape index (κ3) is 3.11. The molecule has 0 aromatic rings. The molecule has 0 bridgehead atoms. The third-order valence-electron chi connectivity index (χ3n) is 2.67. The fourth-order valence-corrected chi connectivity index (χ4v) is 1.56. The molecule has 1 aliphatic rings. The predicted octanol–water partition coefficient (Wildman–Crippen LogP) is 1.68. The van der Waals surface area contributed by atoms with Crippen LogP contribution in [-0.2, 0) is 0 Å². The van der Waals surface area contributed by atoms with Gasteiger partial charge in [-0.2, -0.15) is 0 Å². The van der Waals surface area contributed by atoms with E-state index in [2.05, 4.69) is 12.2 Å². The summed E-state index contributed by atoms with van der Waals surface area (Å²) in [5.74, 6) is 0. The Balaban J connectivity index is 1.82. The number of unbranched alkanes of at least 4 members (excludes halogenated alkanes) is 3. The molecular weight excluding hydrogens is 150 g/mol. The molecule has 0 spiro atoms. The van der Waals surface area contributed by atoms with Gasteiger partial charge in [0.1, 0.15) is 0 Å². The lowest BCUT2D eigenvalue weighted by Gasteiger charge is -2.33. The Kier molecular flexibility index (Phi) is 4.62. The zero-order chi connectivity index (χ0) is 8.81. The van der Waals surface area contributed by atoms with Gasteiger partial charge >= 0.3 is 0 Å². The molecule has 12 heavy (non-hydrogen) atoms. The second kappa shape index (κ2) is 5.55. The minimum atomic E-state index is -0.0591. The predicted molar refractivity (Wildman–Crippen MR) is 51.2 cm³/mol. The van der Waals surface area contributed by atoms with E-state index >= 15 is 0 Å². The lowest BCUT2D eigenvalue weighted by atomic mass is 9.89. The summed E-state index contributed by atoms with van der Waals surface area (Å²) in [4.78, 5) is 0. The highest BCUT2D eigenvalue weighted by Gasteiger charge is 2.27. The smallest absolute Gasteiger partial charge is 0.0693 e. The van der Waals surface area contributed by atoms with Crippen LogP contribution < -0.4 is 5.32 Å². The van der Waals surface area contributed by atoms with Crippen molar-refractivity contribution < 1.29 is 5.11 Å². The molecule has 0 radical (unpaired) electrons. The maximum atomic E-state index is 9.25. The van der Waals surface area contributed by atoms with Crippen molar-refractivity contribution in [3.8, 4) is 0 Å². The van der Waals surface area contributed by atoms with Gasteiger partial charge in [-0.3, -0.25) is 0 Å². The van der Waals surface area contributed by atoms with Crippen LogP contribution in [0.1, 0.15) is 45.4 Å². The van der Waals surface area contributed by atoms with Crippen LogP contribution in [0.15, 0.2) is 0 Å². The molecule has 0 aliphatic heterocycles. The van der Waals surface area contributed by atoms with E-state index in [4.69, 9.17) is 0 Å². The van der Waals surface area contributed by atoms with Crippen LogP contribution in [0.5, 0.6) is 0 Å². The molecule has 72 valence electrons. The molecule has 0 aromatic carbocycles. The van der Waals surface area contributed by atoms with E-state index in [9.17, 15) is 5.11 Å². The van der Waals surface area contributed by atoms with Crippen LogP contribution in [0.25, 0.3) is 0 Å². The van der Waals surface area contributed by atoms with Gasteiger partial charge in [0.25, 0.3) is 0 Å². The average molecular weight is 171 g/mol. The van der Waals surface area contributed by atoms with E-state index in [1.807, 2.05) is 0 Å². The lowest BCUT2D eigenvalue weighted by Crippen LogP contribution is -2.48. The first kappa shape index (κ1) is 10.0. The van der Waals surface area contributed by atoms with Crippen LogP contribution in [0.3, 0.4) is 0 Å². The maximum absolute atomic E-state index is 9.25. The molecule has 2 nitrogen and oxygen atoms in total. The van der Waals surface area contributed by atoms with Gasteiger partial charge < -0.3 is 10.4 Å². The molecule has 2 heteroatoms. The summed E-state index contributed by atoms with van der Waals surface area (Å²) >= 11 is 0. The molecular formula is C10H21NO. The van der Waals surface area contributed by atoms with Crippen molar-refractivity contribution >= 4 is 0 Å².